The van der Waals surface area contributed by atoms with Crippen LogP contribution in [0.4, 0.5) is 5.69 Å². The van der Waals surface area contributed by atoms with Crippen molar-refractivity contribution in [2.45, 2.75) is 19.3 Å². The van der Waals surface area contributed by atoms with Gasteiger partial charge in [-0.05, 0) is 23.8 Å². The average molecular weight is 381 g/mol. The molecule has 0 saturated heterocycles. The highest BCUT2D eigenvalue weighted by Gasteiger charge is 2.37. The molecule has 3 heteroatoms. The lowest BCUT2D eigenvalue weighted by atomic mass is 9.84. The summed E-state index contributed by atoms with van der Waals surface area (Å²) in [5, 5.41) is 0. The van der Waals surface area contributed by atoms with Crippen molar-refractivity contribution in [2.75, 3.05) is 11.9 Å². The number of ketones is 2. The quantitative estimate of drug-likeness (QED) is 0.405. The van der Waals surface area contributed by atoms with Gasteiger partial charge in [0.15, 0.2) is 11.6 Å². The Morgan fingerprint density at radius 3 is 1.93 bits per heavy atom. The second kappa shape index (κ2) is 7.17. The Balaban J connectivity index is 1.49. The number of nitrogens with zero attached hydrogens (tertiary/aromatic N) is 1. The predicted molar refractivity (Wildman–Crippen MR) is 117 cm³/mol. The Labute approximate surface area is 171 Å². The monoisotopic (exact) mass is 381 g/mol. The summed E-state index contributed by atoms with van der Waals surface area (Å²) in [6, 6.07) is 15.4. The Bertz CT molecular complexity index is 1090. The maximum absolute atomic E-state index is 12.4. The fraction of sp³-hybridized carbons (Fsp3) is 0.154. The first-order chi connectivity index (χ1) is 13.9. The van der Waals surface area contributed by atoms with Crippen LogP contribution in [0, 0.1) is 0 Å². The van der Waals surface area contributed by atoms with Gasteiger partial charge < -0.3 is 4.90 Å². The lowest BCUT2D eigenvalue weighted by Crippen LogP contribution is -2.22. The summed E-state index contributed by atoms with van der Waals surface area (Å²) in [6.45, 7) is 4.45. The van der Waals surface area contributed by atoms with Crippen molar-refractivity contribution in [2.24, 2.45) is 0 Å². The summed E-state index contributed by atoms with van der Waals surface area (Å²) in [4.78, 5) is 26.9. The molecule has 4 rings (SSSR count). The van der Waals surface area contributed by atoms with Crippen LogP contribution < -0.4 is 4.90 Å². The molecule has 3 nitrogen and oxygen atoms in total. The molecular weight excluding hydrogens is 358 g/mol. The van der Waals surface area contributed by atoms with Gasteiger partial charge in [0.1, 0.15) is 0 Å². The molecule has 0 fully saturated rings. The molecule has 1 aliphatic carbocycles. The normalized spacial score (nSPS) is 18.9. The third kappa shape index (κ3) is 3.09. The van der Waals surface area contributed by atoms with Crippen molar-refractivity contribution in [3.8, 4) is 0 Å². The van der Waals surface area contributed by atoms with E-state index in [2.05, 4.69) is 56.1 Å². The van der Waals surface area contributed by atoms with Crippen molar-refractivity contribution in [3.63, 3.8) is 0 Å². The van der Waals surface area contributed by atoms with Crippen LogP contribution in [-0.4, -0.2) is 18.6 Å². The molecule has 29 heavy (non-hydrogen) atoms. The third-order valence-corrected chi connectivity index (χ3v) is 5.70. The highest BCUT2D eigenvalue weighted by Crippen LogP contribution is 2.46. The van der Waals surface area contributed by atoms with Gasteiger partial charge in [0.25, 0.3) is 0 Å². The van der Waals surface area contributed by atoms with Gasteiger partial charge in [0, 0.05) is 35.0 Å². The summed E-state index contributed by atoms with van der Waals surface area (Å²) in [7, 11) is 2.09. The number of allylic oxidation sites excluding steroid dienone is 8. The molecule has 144 valence electrons. The van der Waals surface area contributed by atoms with E-state index < -0.39 is 0 Å². The molecule has 0 bridgehead atoms. The molecular formula is C26H23NO2. The highest BCUT2D eigenvalue weighted by molar-refractivity contribution is 6.39. The third-order valence-electron chi connectivity index (χ3n) is 5.70. The smallest absolute Gasteiger partial charge is 0.197 e. The zero-order valence-electron chi connectivity index (χ0n) is 16.8. The van der Waals surface area contributed by atoms with Crippen molar-refractivity contribution >= 4 is 17.3 Å². The van der Waals surface area contributed by atoms with Crippen LogP contribution in [0.2, 0.25) is 0 Å². The van der Waals surface area contributed by atoms with E-state index in [4.69, 9.17) is 0 Å². The summed E-state index contributed by atoms with van der Waals surface area (Å²) in [5.41, 5.74) is 4.91. The maximum Gasteiger partial charge on any atom is 0.197 e. The first-order valence-corrected chi connectivity index (χ1v) is 9.70. The van der Waals surface area contributed by atoms with Gasteiger partial charge in [-0.15, -0.1) is 0 Å². The fourth-order valence-electron chi connectivity index (χ4n) is 4.15. The molecule has 0 unspecified atom stereocenters. The van der Waals surface area contributed by atoms with E-state index in [0.29, 0.717) is 11.1 Å². The number of carbonyl (C=O) groups excluding carboxylic acids is 2. The first-order valence-electron chi connectivity index (χ1n) is 9.70. The Morgan fingerprint density at radius 2 is 1.31 bits per heavy atom. The minimum absolute atomic E-state index is 0.0597. The average Bonchev–Trinajstić information content (AvgIpc) is 3.08. The zero-order valence-corrected chi connectivity index (χ0v) is 16.8. The van der Waals surface area contributed by atoms with Crippen LogP contribution in [-0.2, 0) is 5.41 Å². The van der Waals surface area contributed by atoms with Gasteiger partial charge in [-0.25, -0.2) is 0 Å². The number of Topliss-reactive ketones (excluding diaryl/α,β-unsaturated/α-hetero) is 2. The number of hydrogen-bond acceptors (Lipinski definition) is 3. The predicted octanol–water partition coefficient (Wildman–Crippen LogP) is 5.42. The van der Waals surface area contributed by atoms with E-state index >= 15 is 0 Å². The molecule has 2 aromatic carbocycles. The summed E-state index contributed by atoms with van der Waals surface area (Å²) in [5.74, 6) is -0.401. The van der Waals surface area contributed by atoms with Crippen LogP contribution in [0.1, 0.15) is 40.1 Å². The van der Waals surface area contributed by atoms with Gasteiger partial charge in [0.05, 0.1) is 5.57 Å². The minimum Gasteiger partial charge on any atom is -0.347 e. The van der Waals surface area contributed by atoms with Crippen molar-refractivity contribution in [1.29, 1.82) is 0 Å². The van der Waals surface area contributed by atoms with Crippen LogP contribution in [0.15, 0.2) is 96.3 Å². The largest absolute Gasteiger partial charge is 0.347 e. The van der Waals surface area contributed by atoms with Crippen LogP contribution in [0.3, 0.4) is 0 Å². The Hall–Kier alpha value is -3.46. The number of rotatable bonds is 3. The van der Waals surface area contributed by atoms with E-state index in [0.717, 1.165) is 0 Å². The lowest BCUT2D eigenvalue weighted by molar-refractivity contribution is 0.0989. The van der Waals surface area contributed by atoms with Crippen molar-refractivity contribution in [1.82, 2.24) is 0 Å². The standard InChI is InChI=1S/C26H23NO2/c1-26(2)21-15-10-11-16-22(21)27(3)23(26)17-7-5-4-6-14-20-24(28)18-12-8-9-13-19(18)25(20)29/h4-17H,1-3H3. The number of benzene rings is 2. The number of hydrogen-bond donors (Lipinski definition) is 0. The van der Waals surface area contributed by atoms with Crippen molar-refractivity contribution in [3.05, 3.63) is 113 Å². The van der Waals surface area contributed by atoms with Gasteiger partial charge >= 0.3 is 0 Å². The van der Waals surface area contributed by atoms with E-state index in [1.165, 1.54) is 16.9 Å². The molecule has 2 aliphatic rings. The molecule has 0 radical (unpaired) electrons. The highest BCUT2D eigenvalue weighted by atomic mass is 16.2. The van der Waals surface area contributed by atoms with Gasteiger partial charge in [-0.3, -0.25) is 9.59 Å². The van der Waals surface area contributed by atoms with E-state index in [1.54, 1.807) is 36.4 Å². The molecule has 0 aromatic heterocycles. The number of likely N-dealkylation sites (N-methyl/N-ethyl adjacent to an activating group) is 1. The van der Waals surface area contributed by atoms with E-state index in [1.807, 2.05) is 18.2 Å². The maximum atomic E-state index is 12.4. The minimum atomic E-state index is -0.201. The molecule has 1 aliphatic heterocycles. The second-order valence-corrected chi connectivity index (χ2v) is 7.81. The fourth-order valence-corrected chi connectivity index (χ4v) is 4.15. The number of anilines is 1. The molecule has 2 aromatic rings. The molecule has 0 spiro atoms. The van der Waals surface area contributed by atoms with Gasteiger partial charge in [0.2, 0.25) is 0 Å². The summed E-state index contributed by atoms with van der Waals surface area (Å²) in [6.07, 6.45) is 11.2. The molecule has 1 heterocycles. The molecule has 0 amide bonds. The molecule has 0 saturated carbocycles. The Kier molecular flexibility index (Phi) is 4.67. The van der Waals surface area contributed by atoms with Crippen LogP contribution in [0.25, 0.3) is 0 Å². The lowest BCUT2D eigenvalue weighted by Gasteiger charge is -2.23. The first kappa shape index (κ1) is 18.9. The van der Waals surface area contributed by atoms with Crippen LogP contribution in [0.5, 0.6) is 0 Å². The number of fused-ring (bicyclic) bond motifs is 2. The van der Waals surface area contributed by atoms with Crippen LogP contribution >= 0.6 is 0 Å². The zero-order chi connectivity index (χ0) is 20.6. The molecule has 0 N–H and O–H groups in total. The van der Waals surface area contributed by atoms with E-state index in [-0.39, 0.29) is 22.6 Å². The SMILES string of the molecule is CN1C(=CC=CC=CC=C2C(=O)c3ccccc3C2=O)C(C)(C)c2ccccc21. The van der Waals surface area contributed by atoms with Gasteiger partial charge in [-0.1, -0.05) is 80.6 Å². The van der Waals surface area contributed by atoms with Gasteiger partial charge in [-0.2, -0.15) is 0 Å². The Morgan fingerprint density at radius 1 is 0.759 bits per heavy atom. The summed E-state index contributed by atoms with van der Waals surface area (Å²) < 4.78 is 0. The second-order valence-electron chi connectivity index (χ2n) is 7.81. The van der Waals surface area contributed by atoms with Crippen molar-refractivity contribution < 1.29 is 9.59 Å². The molecule has 0 atom stereocenters. The number of para-hydroxylation sites is 1. The van der Waals surface area contributed by atoms with E-state index in [9.17, 15) is 9.59 Å². The number of carbonyl (C=O) groups is 2. The topological polar surface area (TPSA) is 37.4 Å². The summed E-state index contributed by atoms with van der Waals surface area (Å²) >= 11 is 0.